The molecular formula is C14H5ClF5NO. The fourth-order valence-corrected chi connectivity index (χ4v) is 1.83. The molecule has 8 heteroatoms. The molecule has 0 aliphatic rings. The summed E-state index contributed by atoms with van der Waals surface area (Å²) >= 11 is 5.43. The van der Waals surface area contributed by atoms with E-state index in [1.54, 1.807) is 0 Å². The van der Waals surface area contributed by atoms with Gasteiger partial charge in [-0.3, -0.25) is 0 Å². The monoisotopic (exact) mass is 333 g/mol. The van der Waals surface area contributed by atoms with Crippen LogP contribution in [0.25, 0.3) is 0 Å². The zero-order chi connectivity index (χ0) is 16.5. The molecule has 0 saturated carbocycles. The first-order valence-corrected chi connectivity index (χ1v) is 6.04. The summed E-state index contributed by atoms with van der Waals surface area (Å²) in [6.45, 7) is 0. The third kappa shape index (κ3) is 3.28. The van der Waals surface area contributed by atoms with Crippen molar-refractivity contribution in [3.8, 4) is 17.6 Å². The van der Waals surface area contributed by atoms with Crippen LogP contribution in [0.3, 0.4) is 0 Å². The highest BCUT2D eigenvalue weighted by Crippen LogP contribution is 2.38. The lowest BCUT2D eigenvalue weighted by atomic mass is 10.2. The number of nitrogens with zero attached hydrogens (tertiary/aromatic N) is 1. The van der Waals surface area contributed by atoms with Crippen LogP contribution in [0, 0.1) is 23.0 Å². The summed E-state index contributed by atoms with van der Waals surface area (Å²) in [4.78, 5) is 0. The normalized spacial score (nSPS) is 11.1. The molecule has 22 heavy (non-hydrogen) atoms. The maximum Gasteiger partial charge on any atom is 0.417 e. The van der Waals surface area contributed by atoms with Gasteiger partial charge in [0, 0.05) is 6.07 Å². The minimum atomic E-state index is -4.72. The van der Waals surface area contributed by atoms with Gasteiger partial charge in [0.25, 0.3) is 0 Å². The van der Waals surface area contributed by atoms with Crippen molar-refractivity contribution in [2.45, 2.75) is 6.18 Å². The number of hydrogen-bond donors (Lipinski definition) is 0. The molecule has 2 rings (SSSR count). The second-order valence-corrected chi connectivity index (χ2v) is 4.52. The van der Waals surface area contributed by atoms with E-state index in [9.17, 15) is 22.0 Å². The first-order valence-electron chi connectivity index (χ1n) is 5.66. The van der Waals surface area contributed by atoms with Crippen LogP contribution in [0.5, 0.6) is 11.5 Å². The van der Waals surface area contributed by atoms with E-state index in [-0.39, 0.29) is 5.75 Å². The molecule has 2 aromatic rings. The van der Waals surface area contributed by atoms with Gasteiger partial charge in [-0.25, -0.2) is 8.78 Å². The summed E-state index contributed by atoms with van der Waals surface area (Å²) in [5, 5.41) is 7.99. The fourth-order valence-electron chi connectivity index (χ4n) is 1.60. The molecule has 0 heterocycles. The third-order valence-corrected chi connectivity index (χ3v) is 2.94. The summed E-state index contributed by atoms with van der Waals surface area (Å²) in [5.41, 5.74) is -1.71. The first-order chi connectivity index (χ1) is 10.2. The number of benzene rings is 2. The predicted octanol–water partition coefficient (Wildman–Crippen LogP) is 5.30. The van der Waals surface area contributed by atoms with E-state index in [1.807, 2.05) is 0 Å². The fraction of sp³-hybridized carbons (Fsp3) is 0.0714. The summed E-state index contributed by atoms with van der Waals surface area (Å²) in [6, 6.07) is 5.17. The predicted molar refractivity (Wildman–Crippen MR) is 67.6 cm³/mol. The zero-order valence-corrected chi connectivity index (χ0v) is 11.3. The summed E-state index contributed by atoms with van der Waals surface area (Å²) in [7, 11) is 0. The van der Waals surface area contributed by atoms with Gasteiger partial charge in [0.05, 0.1) is 16.1 Å². The Morgan fingerprint density at radius 2 is 1.73 bits per heavy atom. The van der Waals surface area contributed by atoms with E-state index >= 15 is 0 Å². The van der Waals surface area contributed by atoms with Crippen molar-refractivity contribution in [2.24, 2.45) is 0 Å². The van der Waals surface area contributed by atoms with Crippen molar-refractivity contribution < 1.29 is 26.7 Å². The van der Waals surface area contributed by atoms with Gasteiger partial charge in [-0.1, -0.05) is 11.6 Å². The molecule has 0 fully saturated rings. The van der Waals surface area contributed by atoms with Crippen LogP contribution in [-0.2, 0) is 6.18 Å². The molecule has 0 atom stereocenters. The Labute approximate surface area is 126 Å². The molecule has 0 aliphatic carbocycles. The molecule has 0 aromatic heterocycles. The average Bonchev–Trinajstić information content (AvgIpc) is 2.43. The Bertz CT molecular complexity index is 767. The van der Waals surface area contributed by atoms with E-state index in [0.29, 0.717) is 18.2 Å². The summed E-state index contributed by atoms with van der Waals surface area (Å²) in [5.74, 6) is -3.16. The van der Waals surface area contributed by atoms with Crippen LogP contribution in [0.2, 0.25) is 5.02 Å². The molecule has 0 saturated heterocycles. The quantitative estimate of drug-likeness (QED) is 0.699. The van der Waals surface area contributed by atoms with Crippen molar-refractivity contribution >= 4 is 11.6 Å². The first kappa shape index (κ1) is 16.0. The SMILES string of the molecule is N#Cc1cc(F)c(Oc2ccc(Cl)c(C(F)(F)F)c2)cc1F. The smallest absolute Gasteiger partial charge is 0.417 e. The molecule has 0 aliphatic heterocycles. The zero-order valence-electron chi connectivity index (χ0n) is 10.5. The number of ether oxygens (including phenoxy) is 1. The second-order valence-electron chi connectivity index (χ2n) is 4.12. The molecule has 0 N–H and O–H groups in total. The number of rotatable bonds is 2. The molecule has 114 valence electrons. The van der Waals surface area contributed by atoms with E-state index in [2.05, 4.69) is 0 Å². The van der Waals surface area contributed by atoms with Crippen molar-refractivity contribution in [1.82, 2.24) is 0 Å². The number of halogens is 6. The summed E-state index contributed by atoms with van der Waals surface area (Å²) < 4.78 is 70.0. The molecule has 0 bridgehead atoms. The van der Waals surface area contributed by atoms with Crippen LogP contribution in [0.1, 0.15) is 11.1 Å². The topological polar surface area (TPSA) is 33.0 Å². The Hall–Kier alpha value is -2.33. The van der Waals surface area contributed by atoms with Gasteiger partial charge in [-0.15, -0.1) is 0 Å². The van der Waals surface area contributed by atoms with Crippen LogP contribution < -0.4 is 4.74 Å². The van der Waals surface area contributed by atoms with Gasteiger partial charge in [0.2, 0.25) is 0 Å². The molecule has 0 spiro atoms. The van der Waals surface area contributed by atoms with Crippen LogP contribution in [0.15, 0.2) is 30.3 Å². The minimum Gasteiger partial charge on any atom is -0.454 e. The van der Waals surface area contributed by atoms with Crippen LogP contribution in [0.4, 0.5) is 22.0 Å². The number of nitriles is 1. The largest absolute Gasteiger partial charge is 0.454 e. The van der Waals surface area contributed by atoms with Crippen LogP contribution >= 0.6 is 11.6 Å². The molecule has 2 nitrogen and oxygen atoms in total. The lowest BCUT2D eigenvalue weighted by Crippen LogP contribution is -2.06. The minimum absolute atomic E-state index is 0.375. The van der Waals surface area contributed by atoms with Gasteiger partial charge < -0.3 is 4.74 Å². The second kappa shape index (κ2) is 5.81. The van der Waals surface area contributed by atoms with Gasteiger partial charge >= 0.3 is 6.18 Å². The number of hydrogen-bond acceptors (Lipinski definition) is 2. The van der Waals surface area contributed by atoms with E-state index in [1.165, 1.54) is 6.07 Å². The lowest BCUT2D eigenvalue weighted by Gasteiger charge is -2.12. The Morgan fingerprint density at radius 3 is 2.32 bits per heavy atom. The highest BCUT2D eigenvalue weighted by molar-refractivity contribution is 6.31. The van der Waals surface area contributed by atoms with E-state index < -0.39 is 39.7 Å². The molecule has 0 radical (unpaired) electrons. The lowest BCUT2D eigenvalue weighted by molar-refractivity contribution is -0.137. The average molecular weight is 334 g/mol. The molecule has 0 amide bonds. The van der Waals surface area contributed by atoms with Crippen molar-refractivity contribution in [3.05, 3.63) is 58.1 Å². The maximum atomic E-state index is 13.6. The van der Waals surface area contributed by atoms with Gasteiger partial charge in [0.1, 0.15) is 17.6 Å². The van der Waals surface area contributed by atoms with E-state index in [0.717, 1.165) is 12.1 Å². The van der Waals surface area contributed by atoms with Gasteiger partial charge in [0.15, 0.2) is 11.6 Å². The highest BCUT2D eigenvalue weighted by Gasteiger charge is 2.33. The van der Waals surface area contributed by atoms with E-state index in [4.69, 9.17) is 21.6 Å². The standard InChI is InChI=1S/C14H5ClF5NO/c15-10-2-1-8(4-9(10)14(18,19)20)22-13-5-11(16)7(6-21)3-12(13)17/h1-5H. The Kier molecular flexibility index (Phi) is 4.24. The van der Waals surface area contributed by atoms with Crippen molar-refractivity contribution in [3.63, 3.8) is 0 Å². The Balaban J connectivity index is 2.40. The highest BCUT2D eigenvalue weighted by atomic mass is 35.5. The van der Waals surface area contributed by atoms with Crippen molar-refractivity contribution in [2.75, 3.05) is 0 Å². The molecular weight excluding hydrogens is 329 g/mol. The summed E-state index contributed by atoms with van der Waals surface area (Å²) in [6.07, 6.45) is -4.72. The Morgan fingerprint density at radius 1 is 1.05 bits per heavy atom. The third-order valence-electron chi connectivity index (χ3n) is 2.61. The molecule has 2 aromatic carbocycles. The van der Waals surface area contributed by atoms with Gasteiger partial charge in [-0.2, -0.15) is 18.4 Å². The number of alkyl halides is 3. The molecule has 0 unspecified atom stereocenters. The van der Waals surface area contributed by atoms with Crippen LogP contribution in [-0.4, -0.2) is 0 Å². The van der Waals surface area contributed by atoms with Gasteiger partial charge in [-0.05, 0) is 24.3 Å². The van der Waals surface area contributed by atoms with Crippen molar-refractivity contribution in [1.29, 1.82) is 5.26 Å². The maximum absolute atomic E-state index is 13.6.